The van der Waals surface area contributed by atoms with Gasteiger partial charge in [-0.15, -0.1) is 35.3 Å². The van der Waals surface area contributed by atoms with Crippen molar-refractivity contribution in [1.29, 1.82) is 0 Å². The van der Waals surface area contributed by atoms with Gasteiger partial charge in [-0.05, 0) is 55.9 Å². The van der Waals surface area contributed by atoms with Crippen LogP contribution in [0.15, 0.2) is 45.3 Å². The predicted octanol–water partition coefficient (Wildman–Crippen LogP) is 3.53. The smallest absolute Gasteiger partial charge is 0.216 e. The number of thiophene rings is 1. The van der Waals surface area contributed by atoms with E-state index in [1.165, 1.54) is 17.7 Å². The van der Waals surface area contributed by atoms with Gasteiger partial charge in [-0.1, -0.05) is 6.07 Å². The number of H-pyrrole nitrogens is 1. The summed E-state index contributed by atoms with van der Waals surface area (Å²) in [7, 11) is 4.04. The molecular formula is C21H30IN7OS. The Morgan fingerprint density at radius 2 is 2.26 bits per heavy atom. The van der Waals surface area contributed by atoms with Crippen molar-refractivity contribution < 1.29 is 4.42 Å². The predicted molar refractivity (Wildman–Crippen MR) is 135 cm³/mol. The van der Waals surface area contributed by atoms with Crippen molar-refractivity contribution in [3.8, 4) is 11.6 Å². The van der Waals surface area contributed by atoms with Gasteiger partial charge in [0.1, 0.15) is 5.82 Å². The lowest BCUT2D eigenvalue weighted by molar-refractivity contribution is 0.125. The number of nitrogens with one attached hydrogen (secondary N) is 3. The average molecular weight is 555 g/mol. The van der Waals surface area contributed by atoms with Crippen molar-refractivity contribution in [2.24, 2.45) is 10.9 Å². The number of hydrogen-bond donors (Lipinski definition) is 3. The van der Waals surface area contributed by atoms with Gasteiger partial charge in [0.25, 0.3) is 0 Å². The van der Waals surface area contributed by atoms with Crippen LogP contribution in [-0.4, -0.2) is 59.8 Å². The second kappa shape index (κ2) is 11.6. The molecule has 168 valence electrons. The Balaban J connectivity index is 0.00000272. The molecule has 0 radical (unpaired) electrons. The third-order valence-electron chi connectivity index (χ3n) is 5.52. The van der Waals surface area contributed by atoms with Crippen molar-refractivity contribution in [3.63, 3.8) is 0 Å². The zero-order chi connectivity index (χ0) is 20.8. The van der Waals surface area contributed by atoms with E-state index in [0.717, 1.165) is 31.3 Å². The molecule has 10 heteroatoms. The molecule has 1 fully saturated rings. The minimum atomic E-state index is 0. The molecule has 3 N–H and O–H groups in total. The van der Waals surface area contributed by atoms with Gasteiger partial charge < -0.3 is 15.1 Å². The molecule has 31 heavy (non-hydrogen) atoms. The standard InChI is InChI=1S/C21H29N7OS.HI/c1-22-21(23-10-9-18-25-20(27-26-18)16-7-4-12-29-16)24-14-15-6-3-11-28(2)19(15)17-8-5-13-30-17;/h4-5,7-8,12-13,15,19H,3,6,9-11,14H2,1-2H3,(H2,22,23,24)(H,25,26,27);1H. The molecule has 2 atom stereocenters. The molecule has 0 aliphatic carbocycles. The minimum Gasteiger partial charge on any atom is -0.461 e. The maximum atomic E-state index is 5.33. The van der Waals surface area contributed by atoms with Crippen LogP contribution in [0.4, 0.5) is 0 Å². The lowest BCUT2D eigenvalue weighted by atomic mass is 9.88. The van der Waals surface area contributed by atoms with E-state index in [0.29, 0.717) is 30.1 Å². The number of aromatic amines is 1. The monoisotopic (exact) mass is 555 g/mol. The summed E-state index contributed by atoms with van der Waals surface area (Å²) in [5.41, 5.74) is 0. The zero-order valence-corrected chi connectivity index (χ0v) is 21.0. The highest BCUT2D eigenvalue weighted by Gasteiger charge is 2.31. The van der Waals surface area contributed by atoms with Gasteiger partial charge in [-0.3, -0.25) is 15.0 Å². The van der Waals surface area contributed by atoms with Crippen molar-refractivity contribution in [3.05, 3.63) is 46.6 Å². The summed E-state index contributed by atoms with van der Waals surface area (Å²) in [5.74, 6) is 3.44. The molecule has 3 aromatic rings. The molecule has 4 heterocycles. The van der Waals surface area contributed by atoms with Crippen molar-refractivity contribution in [1.82, 2.24) is 30.7 Å². The highest BCUT2D eigenvalue weighted by Crippen LogP contribution is 2.36. The van der Waals surface area contributed by atoms with Gasteiger partial charge >= 0.3 is 0 Å². The molecular weight excluding hydrogens is 525 g/mol. The summed E-state index contributed by atoms with van der Waals surface area (Å²) in [6.07, 6.45) is 4.80. The van der Waals surface area contributed by atoms with Gasteiger partial charge in [0.2, 0.25) is 5.82 Å². The van der Waals surface area contributed by atoms with Gasteiger partial charge in [0.15, 0.2) is 11.7 Å². The number of nitrogens with zero attached hydrogens (tertiary/aromatic N) is 4. The third kappa shape index (κ3) is 6.07. The number of piperidine rings is 1. The number of guanidine groups is 1. The van der Waals surface area contributed by atoms with Crippen LogP contribution in [0.1, 0.15) is 29.6 Å². The number of aliphatic imine (C=N–C) groups is 1. The fourth-order valence-electron chi connectivity index (χ4n) is 4.05. The van der Waals surface area contributed by atoms with Crippen molar-refractivity contribution in [2.75, 3.05) is 33.7 Å². The molecule has 0 aromatic carbocycles. The second-order valence-corrected chi connectivity index (χ2v) is 8.54. The van der Waals surface area contributed by atoms with Crippen LogP contribution in [0.5, 0.6) is 0 Å². The normalized spacial score (nSPS) is 19.7. The molecule has 0 spiro atoms. The number of halogens is 1. The zero-order valence-electron chi connectivity index (χ0n) is 17.9. The maximum Gasteiger partial charge on any atom is 0.216 e. The second-order valence-electron chi connectivity index (χ2n) is 7.56. The lowest BCUT2D eigenvalue weighted by Crippen LogP contribution is -2.45. The Labute approximate surface area is 204 Å². The third-order valence-corrected chi connectivity index (χ3v) is 6.47. The molecule has 0 bridgehead atoms. The van der Waals surface area contributed by atoms with Crippen LogP contribution in [0.2, 0.25) is 0 Å². The quantitative estimate of drug-likeness (QED) is 0.235. The Bertz CT molecular complexity index is 926. The van der Waals surface area contributed by atoms with Crippen LogP contribution in [0.3, 0.4) is 0 Å². The molecule has 0 saturated carbocycles. The SMILES string of the molecule is CN=C(NCCc1nc(-c2ccco2)n[nH]1)NCC1CCCN(C)C1c1cccs1.I. The molecule has 3 aromatic heterocycles. The topological polar surface area (TPSA) is 94.4 Å². The first-order valence-corrected chi connectivity index (χ1v) is 11.3. The van der Waals surface area contributed by atoms with Crippen molar-refractivity contribution >= 4 is 41.3 Å². The highest BCUT2D eigenvalue weighted by atomic mass is 127. The van der Waals surface area contributed by atoms with E-state index in [4.69, 9.17) is 4.42 Å². The number of likely N-dealkylation sites (tertiary alicyclic amines) is 1. The summed E-state index contributed by atoms with van der Waals surface area (Å²) < 4.78 is 5.33. The van der Waals surface area contributed by atoms with Gasteiger partial charge in [0.05, 0.1) is 6.26 Å². The van der Waals surface area contributed by atoms with Crippen molar-refractivity contribution in [2.45, 2.75) is 25.3 Å². The summed E-state index contributed by atoms with van der Waals surface area (Å²) >= 11 is 1.85. The van der Waals surface area contributed by atoms with E-state index in [1.54, 1.807) is 6.26 Å². The number of furan rings is 1. The fourth-order valence-corrected chi connectivity index (χ4v) is 5.04. The lowest BCUT2D eigenvalue weighted by Gasteiger charge is -2.39. The molecule has 8 nitrogen and oxygen atoms in total. The fraction of sp³-hybridized carbons (Fsp3) is 0.476. The first-order valence-electron chi connectivity index (χ1n) is 10.4. The molecule has 1 saturated heterocycles. The van der Waals surface area contributed by atoms with Gasteiger partial charge in [-0.2, -0.15) is 5.10 Å². The summed E-state index contributed by atoms with van der Waals surface area (Å²) in [6.45, 7) is 2.77. The molecule has 1 aliphatic rings. The van der Waals surface area contributed by atoms with Crippen LogP contribution < -0.4 is 10.6 Å². The van der Waals surface area contributed by atoms with E-state index in [1.807, 2.05) is 30.5 Å². The minimum absolute atomic E-state index is 0. The van der Waals surface area contributed by atoms with Gasteiger partial charge in [-0.25, -0.2) is 4.98 Å². The maximum absolute atomic E-state index is 5.33. The molecule has 0 amide bonds. The van der Waals surface area contributed by atoms with E-state index in [-0.39, 0.29) is 24.0 Å². The largest absolute Gasteiger partial charge is 0.461 e. The Morgan fingerprint density at radius 1 is 1.35 bits per heavy atom. The van der Waals surface area contributed by atoms with Crippen LogP contribution in [0.25, 0.3) is 11.6 Å². The Kier molecular flexibility index (Phi) is 8.90. The molecule has 1 aliphatic heterocycles. The average Bonchev–Trinajstić information content (AvgIpc) is 3.53. The number of aromatic nitrogens is 3. The van der Waals surface area contributed by atoms with Gasteiger partial charge in [0, 0.05) is 37.5 Å². The number of hydrogen-bond acceptors (Lipinski definition) is 6. The summed E-state index contributed by atoms with van der Waals surface area (Å²) in [5, 5.41) is 16.2. The van der Waals surface area contributed by atoms with Crippen LogP contribution >= 0.6 is 35.3 Å². The molecule has 2 unspecified atom stereocenters. The Hall–Kier alpha value is -1.92. The number of rotatable bonds is 7. The summed E-state index contributed by atoms with van der Waals surface area (Å²) in [4.78, 5) is 12.8. The Morgan fingerprint density at radius 3 is 3.00 bits per heavy atom. The van der Waals surface area contributed by atoms with E-state index < -0.39 is 0 Å². The first-order chi connectivity index (χ1) is 14.7. The van der Waals surface area contributed by atoms with Crippen LogP contribution in [-0.2, 0) is 6.42 Å². The van der Waals surface area contributed by atoms with E-state index in [9.17, 15) is 0 Å². The highest BCUT2D eigenvalue weighted by molar-refractivity contribution is 14.0. The van der Waals surface area contributed by atoms with E-state index in [2.05, 4.69) is 60.3 Å². The summed E-state index contributed by atoms with van der Waals surface area (Å²) in [6, 6.07) is 8.55. The molecule has 4 rings (SSSR count). The van der Waals surface area contributed by atoms with Crippen LogP contribution in [0, 0.1) is 5.92 Å². The van der Waals surface area contributed by atoms with E-state index >= 15 is 0 Å². The first kappa shape index (κ1) is 23.7.